The van der Waals surface area contributed by atoms with Crippen molar-refractivity contribution >= 4 is 5.82 Å². The summed E-state index contributed by atoms with van der Waals surface area (Å²) in [6.45, 7) is 13.8. The third-order valence-corrected chi connectivity index (χ3v) is 4.68. The molecule has 0 unspecified atom stereocenters. The standard InChI is InChI=1S/C19H32N2/c1-15(2)17-6-7-18(20-14-17)21-12-9-16(10-13-21)8-11-19(3,4)5/h6-7,14-16H,8-13H2,1-5H3. The van der Waals surface area contributed by atoms with Crippen LogP contribution >= 0.6 is 0 Å². The minimum Gasteiger partial charge on any atom is -0.357 e. The molecule has 0 aliphatic carbocycles. The topological polar surface area (TPSA) is 16.1 Å². The fourth-order valence-corrected chi connectivity index (χ4v) is 3.01. The Morgan fingerprint density at radius 2 is 1.86 bits per heavy atom. The van der Waals surface area contributed by atoms with Crippen molar-refractivity contribution in [3.8, 4) is 0 Å². The van der Waals surface area contributed by atoms with E-state index in [-0.39, 0.29) is 0 Å². The van der Waals surface area contributed by atoms with E-state index in [1.165, 1.54) is 44.3 Å². The Hall–Kier alpha value is -1.05. The van der Waals surface area contributed by atoms with Gasteiger partial charge in [-0.25, -0.2) is 4.98 Å². The molecule has 0 amide bonds. The van der Waals surface area contributed by atoms with Crippen LogP contribution in [0, 0.1) is 11.3 Å². The molecule has 21 heavy (non-hydrogen) atoms. The van der Waals surface area contributed by atoms with E-state index < -0.39 is 0 Å². The lowest BCUT2D eigenvalue weighted by atomic mass is 9.83. The highest BCUT2D eigenvalue weighted by molar-refractivity contribution is 5.40. The zero-order valence-electron chi connectivity index (χ0n) is 14.5. The van der Waals surface area contributed by atoms with Gasteiger partial charge in [-0.1, -0.05) is 40.7 Å². The predicted molar refractivity (Wildman–Crippen MR) is 92.0 cm³/mol. The normalized spacial score (nSPS) is 17.5. The highest BCUT2D eigenvalue weighted by Crippen LogP contribution is 2.30. The van der Waals surface area contributed by atoms with Gasteiger partial charge in [0.05, 0.1) is 0 Å². The lowest BCUT2D eigenvalue weighted by molar-refractivity contribution is 0.292. The van der Waals surface area contributed by atoms with Crippen molar-refractivity contribution in [2.24, 2.45) is 11.3 Å². The van der Waals surface area contributed by atoms with Crippen LogP contribution < -0.4 is 4.90 Å². The van der Waals surface area contributed by atoms with Gasteiger partial charge in [0.15, 0.2) is 0 Å². The monoisotopic (exact) mass is 288 g/mol. The van der Waals surface area contributed by atoms with Crippen LogP contribution in [0.5, 0.6) is 0 Å². The van der Waals surface area contributed by atoms with Crippen LogP contribution in [-0.4, -0.2) is 18.1 Å². The Kier molecular flexibility index (Phi) is 5.29. The highest BCUT2D eigenvalue weighted by Gasteiger charge is 2.22. The minimum absolute atomic E-state index is 0.478. The molecule has 118 valence electrons. The van der Waals surface area contributed by atoms with Gasteiger partial charge in [-0.15, -0.1) is 0 Å². The van der Waals surface area contributed by atoms with Gasteiger partial charge in [-0.3, -0.25) is 0 Å². The molecule has 2 heterocycles. The molecule has 1 aromatic heterocycles. The van der Waals surface area contributed by atoms with E-state index in [1.54, 1.807) is 0 Å². The molecular weight excluding hydrogens is 256 g/mol. The molecule has 0 aromatic carbocycles. The first-order valence-electron chi connectivity index (χ1n) is 8.56. The second kappa shape index (κ2) is 6.81. The fraction of sp³-hybridized carbons (Fsp3) is 0.737. The van der Waals surface area contributed by atoms with Crippen molar-refractivity contribution in [2.75, 3.05) is 18.0 Å². The Balaban J connectivity index is 1.83. The van der Waals surface area contributed by atoms with Gasteiger partial charge in [0.2, 0.25) is 0 Å². The number of anilines is 1. The van der Waals surface area contributed by atoms with E-state index in [9.17, 15) is 0 Å². The molecule has 1 saturated heterocycles. The first kappa shape index (κ1) is 16.3. The molecule has 0 saturated carbocycles. The maximum Gasteiger partial charge on any atom is 0.128 e. The van der Waals surface area contributed by atoms with Crippen molar-refractivity contribution in [3.05, 3.63) is 23.9 Å². The Bertz CT molecular complexity index is 420. The molecule has 0 N–H and O–H groups in total. The molecular formula is C19H32N2. The van der Waals surface area contributed by atoms with E-state index in [4.69, 9.17) is 0 Å². The molecule has 0 radical (unpaired) electrons. The maximum absolute atomic E-state index is 4.66. The van der Waals surface area contributed by atoms with Crippen LogP contribution in [0.3, 0.4) is 0 Å². The molecule has 1 aromatic rings. The van der Waals surface area contributed by atoms with Gasteiger partial charge >= 0.3 is 0 Å². The quantitative estimate of drug-likeness (QED) is 0.752. The summed E-state index contributed by atoms with van der Waals surface area (Å²) in [4.78, 5) is 7.12. The van der Waals surface area contributed by atoms with E-state index in [1.807, 2.05) is 6.20 Å². The van der Waals surface area contributed by atoms with Crippen LogP contribution in [0.25, 0.3) is 0 Å². The number of hydrogen-bond acceptors (Lipinski definition) is 2. The smallest absolute Gasteiger partial charge is 0.128 e. The molecule has 2 nitrogen and oxygen atoms in total. The second-order valence-corrected chi connectivity index (χ2v) is 8.13. The predicted octanol–water partition coefficient (Wildman–Crippen LogP) is 5.25. The van der Waals surface area contributed by atoms with Gasteiger partial charge in [0.25, 0.3) is 0 Å². The largest absolute Gasteiger partial charge is 0.357 e. The average molecular weight is 288 g/mol. The molecule has 0 bridgehead atoms. The van der Waals surface area contributed by atoms with Gasteiger partial charge < -0.3 is 4.90 Å². The van der Waals surface area contributed by atoms with Crippen molar-refractivity contribution in [1.82, 2.24) is 4.98 Å². The lowest BCUT2D eigenvalue weighted by Gasteiger charge is -2.34. The Morgan fingerprint density at radius 3 is 2.33 bits per heavy atom. The molecule has 2 rings (SSSR count). The van der Waals surface area contributed by atoms with Gasteiger partial charge in [-0.05, 0) is 54.6 Å². The third kappa shape index (κ3) is 5.01. The van der Waals surface area contributed by atoms with E-state index >= 15 is 0 Å². The van der Waals surface area contributed by atoms with Crippen LogP contribution in [0.15, 0.2) is 18.3 Å². The number of aromatic nitrogens is 1. The highest BCUT2D eigenvalue weighted by atomic mass is 15.2. The summed E-state index contributed by atoms with van der Waals surface area (Å²) < 4.78 is 0. The summed E-state index contributed by atoms with van der Waals surface area (Å²) in [5.41, 5.74) is 1.81. The summed E-state index contributed by atoms with van der Waals surface area (Å²) in [7, 11) is 0. The molecule has 1 aliphatic heterocycles. The minimum atomic E-state index is 0.478. The first-order chi connectivity index (χ1) is 9.85. The van der Waals surface area contributed by atoms with Crippen molar-refractivity contribution in [1.29, 1.82) is 0 Å². The van der Waals surface area contributed by atoms with E-state index in [0.717, 1.165) is 11.7 Å². The third-order valence-electron chi connectivity index (χ3n) is 4.68. The number of rotatable bonds is 4. The number of pyridine rings is 1. The molecule has 1 aliphatic rings. The van der Waals surface area contributed by atoms with Crippen molar-refractivity contribution in [3.63, 3.8) is 0 Å². The molecule has 1 fully saturated rings. The van der Waals surface area contributed by atoms with Crippen LogP contribution in [0.1, 0.15) is 71.8 Å². The summed E-state index contributed by atoms with van der Waals surface area (Å²) in [6, 6.07) is 4.43. The molecule has 0 spiro atoms. The average Bonchev–Trinajstić information content (AvgIpc) is 2.45. The lowest BCUT2D eigenvalue weighted by Crippen LogP contribution is -2.34. The zero-order chi connectivity index (χ0) is 15.5. The first-order valence-corrected chi connectivity index (χ1v) is 8.56. The van der Waals surface area contributed by atoms with Crippen molar-refractivity contribution < 1.29 is 0 Å². The summed E-state index contributed by atoms with van der Waals surface area (Å²) in [5, 5.41) is 0. The molecule has 0 atom stereocenters. The Morgan fingerprint density at radius 1 is 1.19 bits per heavy atom. The fourth-order valence-electron chi connectivity index (χ4n) is 3.01. The maximum atomic E-state index is 4.66. The van der Waals surface area contributed by atoms with E-state index in [2.05, 4.69) is 56.6 Å². The number of hydrogen-bond donors (Lipinski definition) is 0. The summed E-state index contributed by atoms with van der Waals surface area (Å²) in [6.07, 6.45) is 7.43. The van der Waals surface area contributed by atoms with Crippen LogP contribution in [0.4, 0.5) is 5.82 Å². The second-order valence-electron chi connectivity index (χ2n) is 8.13. The zero-order valence-corrected chi connectivity index (χ0v) is 14.5. The summed E-state index contributed by atoms with van der Waals surface area (Å²) in [5.74, 6) is 2.64. The summed E-state index contributed by atoms with van der Waals surface area (Å²) >= 11 is 0. The SMILES string of the molecule is CC(C)c1ccc(N2CCC(CCC(C)(C)C)CC2)nc1. The van der Waals surface area contributed by atoms with Crippen molar-refractivity contribution in [2.45, 2.75) is 66.2 Å². The van der Waals surface area contributed by atoms with Gasteiger partial charge in [0, 0.05) is 19.3 Å². The van der Waals surface area contributed by atoms with Crippen LogP contribution in [0.2, 0.25) is 0 Å². The molecule has 2 heteroatoms. The number of nitrogens with zero attached hydrogens (tertiary/aromatic N) is 2. The van der Waals surface area contributed by atoms with Gasteiger partial charge in [-0.2, -0.15) is 0 Å². The van der Waals surface area contributed by atoms with Gasteiger partial charge in [0.1, 0.15) is 5.82 Å². The number of piperidine rings is 1. The van der Waals surface area contributed by atoms with Crippen LogP contribution in [-0.2, 0) is 0 Å². The van der Waals surface area contributed by atoms with E-state index in [0.29, 0.717) is 11.3 Å². The Labute approximate surface area is 131 Å².